The highest BCUT2D eigenvalue weighted by atomic mass is 35.5. The number of nitrogens with one attached hydrogen (secondary N) is 1. The Hall–Kier alpha value is -1.15. The topological polar surface area (TPSA) is 69.7 Å². The second-order valence-electron chi connectivity index (χ2n) is 7.07. The maximum Gasteiger partial charge on any atom is 0.253 e. The van der Waals surface area contributed by atoms with Crippen molar-refractivity contribution < 1.29 is 13.2 Å². The summed E-state index contributed by atoms with van der Waals surface area (Å²) in [6, 6.07) is 4.31. The first-order valence-corrected chi connectivity index (χ1v) is 10.8. The lowest BCUT2D eigenvalue weighted by atomic mass is 10.1. The van der Waals surface area contributed by atoms with Crippen LogP contribution in [0.4, 0.5) is 0 Å². The van der Waals surface area contributed by atoms with Crippen LogP contribution in [0, 0.1) is 0 Å². The van der Waals surface area contributed by atoms with Gasteiger partial charge >= 0.3 is 0 Å². The number of sulfonamides is 1. The van der Waals surface area contributed by atoms with Gasteiger partial charge in [0.1, 0.15) is 0 Å². The molecule has 1 aliphatic heterocycles. The van der Waals surface area contributed by atoms with Crippen molar-refractivity contribution in [3.63, 3.8) is 0 Å². The van der Waals surface area contributed by atoms with Crippen LogP contribution in [0.15, 0.2) is 23.1 Å². The Bertz CT molecular complexity index is 731. The van der Waals surface area contributed by atoms with E-state index in [-0.39, 0.29) is 27.4 Å². The fraction of sp³-hybridized carbons (Fsp3) is 0.611. The van der Waals surface area contributed by atoms with Gasteiger partial charge < -0.3 is 10.2 Å². The minimum absolute atomic E-state index is 0.0386. The summed E-state index contributed by atoms with van der Waals surface area (Å²) in [6.07, 6.45) is 3.57. The molecule has 0 aromatic heterocycles. The quantitative estimate of drug-likeness (QED) is 0.762. The summed E-state index contributed by atoms with van der Waals surface area (Å²) in [5.74, 6) is -0.350. The van der Waals surface area contributed by atoms with Crippen LogP contribution in [0.5, 0.6) is 0 Å². The Morgan fingerprint density at radius 2 is 1.92 bits per heavy atom. The van der Waals surface area contributed by atoms with Gasteiger partial charge in [-0.3, -0.25) is 4.79 Å². The van der Waals surface area contributed by atoms with Crippen molar-refractivity contribution in [1.29, 1.82) is 0 Å². The first-order valence-electron chi connectivity index (χ1n) is 8.97. The SMILES string of the molecule is CC(CCN(C)C)NC(=O)c1cc(S(=O)(=O)N2CCCCC2)ccc1Cl. The van der Waals surface area contributed by atoms with Crippen molar-refractivity contribution in [3.05, 3.63) is 28.8 Å². The number of hydrogen-bond acceptors (Lipinski definition) is 4. The molecule has 2 rings (SSSR count). The Morgan fingerprint density at radius 1 is 1.27 bits per heavy atom. The molecular formula is C18H28ClN3O3S. The van der Waals surface area contributed by atoms with Gasteiger partial charge in [0.25, 0.3) is 5.91 Å². The number of benzene rings is 1. The van der Waals surface area contributed by atoms with Crippen molar-refractivity contribution in [3.8, 4) is 0 Å². The normalized spacial score (nSPS) is 17.3. The van der Waals surface area contributed by atoms with Gasteiger partial charge in [-0.25, -0.2) is 8.42 Å². The molecule has 0 radical (unpaired) electrons. The minimum Gasteiger partial charge on any atom is -0.349 e. The average Bonchev–Trinajstić information content (AvgIpc) is 2.60. The van der Waals surface area contributed by atoms with E-state index < -0.39 is 10.0 Å². The molecule has 0 spiro atoms. The zero-order valence-corrected chi connectivity index (χ0v) is 17.2. The van der Waals surface area contributed by atoms with Crippen molar-refractivity contribution in [2.24, 2.45) is 0 Å². The Balaban J connectivity index is 2.17. The zero-order valence-electron chi connectivity index (χ0n) is 15.7. The molecule has 1 amide bonds. The number of piperidine rings is 1. The van der Waals surface area contributed by atoms with E-state index in [2.05, 4.69) is 5.32 Å². The van der Waals surface area contributed by atoms with Crippen molar-refractivity contribution in [2.75, 3.05) is 33.7 Å². The molecule has 1 saturated heterocycles. The lowest BCUT2D eigenvalue weighted by Crippen LogP contribution is -2.36. The van der Waals surface area contributed by atoms with Crippen LogP contribution in [-0.4, -0.2) is 63.3 Å². The van der Waals surface area contributed by atoms with Gasteiger partial charge in [-0.05, 0) is 65.0 Å². The highest BCUT2D eigenvalue weighted by molar-refractivity contribution is 7.89. The van der Waals surface area contributed by atoms with Crippen LogP contribution >= 0.6 is 11.6 Å². The molecule has 1 heterocycles. The maximum absolute atomic E-state index is 12.8. The molecule has 1 fully saturated rings. The zero-order chi connectivity index (χ0) is 19.3. The molecule has 26 heavy (non-hydrogen) atoms. The summed E-state index contributed by atoms with van der Waals surface area (Å²) in [5, 5.41) is 3.14. The molecule has 146 valence electrons. The van der Waals surface area contributed by atoms with Crippen molar-refractivity contribution in [2.45, 2.75) is 43.5 Å². The second-order valence-corrected chi connectivity index (χ2v) is 9.42. The number of carbonyl (C=O) groups is 1. The first kappa shape index (κ1) is 21.2. The summed E-state index contributed by atoms with van der Waals surface area (Å²) >= 11 is 6.16. The van der Waals surface area contributed by atoms with Crippen LogP contribution in [0.1, 0.15) is 43.0 Å². The van der Waals surface area contributed by atoms with E-state index in [4.69, 9.17) is 11.6 Å². The minimum atomic E-state index is -3.60. The van der Waals surface area contributed by atoms with Crippen LogP contribution in [0.2, 0.25) is 5.02 Å². The van der Waals surface area contributed by atoms with Crippen LogP contribution in [-0.2, 0) is 10.0 Å². The third-order valence-corrected chi connectivity index (χ3v) is 6.75. The third kappa shape index (κ3) is 5.42. The third-order valence-electron chi connectivity index (χ3n) is 4.52. The largest absolute Gasteiger partial charge is 0.349 e. The van der Waals surface area contributed by atoms with Gasteiger partial charge in [0.15, 0.2) is 0 Å². The van der Waals surface area contributed by atoms with Crippen LogP contribution in [0.3, 0.4) is 0 Å². The summed E-state index contributed by atoms with van der Waals surface area (Å²) in [6.45, 7) is 3.81. The van der Waals surface area contributed by atoms with E-state index in [0.29, 0.717) is 13.1 Å². The molecule has 6 nitrogen and oxygen atoms in total. The molecular weight excluding hydrogens is 374 g/mol. The molecule has 0 saturated carbocycles. The number of nitrogens with zero attached hydrogens (tertiary/aromatic N) is 2. The van der Waals surface area contributed by atoms with Crippen LogP contribution < -0.4 is 5.32 Å². The van der Waals surface area contributed by atoms with Gasteiger partial charge in [-0.1, -0.05) is 18.0 Å². The van der Waals surface area contributed by atoms with Gasteiger partial charge in [0, 0.05) is 19.1 Å². The molecule has 8 heteroatoms. The van der Waals surface area contributed by atoms with E-state index in [1.54, 1.807) is 0 Å². The molecule has 0 bridgehead atoms. The summed E-state index contributed by atoms with van der Waals surface area (Å²) in [5.41, 5.74) is 0.196. The lowest BCUT2D eigenvalue weighted by Gasteiger charge is -2.26. The highest BCUT2D eigenvalue weighted by Gasteiger charge is 2.27. The number of halogens is 1. The van der Waals surface area contributed by atoms with Gasteiger partial charge in [-0.2, -0.15) is 4.31 Å². The lowest BCUT2D eigenvalue weighted by molar-refractivity contribution is 0.0936. The standard InChI is InChI=1S/C18H28ClN3O3S/c1-14(9-12-21(2)3)20-18(23)16-13-15(7-8-17(16)19)26(24,25)22-10-5-4-6-11-22/h7-8,13-14H,4-6,9-12H2,1-3H3,(H,20,23). The Morgan fingerprint density at radius 3 is 2.54 bits per heavy atom. The number of amides is 1. The predicted molar refractivity (Wildman–Crippen MR) is 104 cm³/mol. The Labute approximate surface area is 161 Å². The van der Waals surface area contributed by atoms with Gasteiger partial charge in [0.05, 0.1) is 15.5 Å². The molecule has 1 atom stereocenters. The number of hydrogen-bond donors (Lipinski definition) is 1. The monoisotopic (exact) mass is 401 g/mol. The molecule has 1 aromatic rings. The Kier molecular flexibility index (Phi) is 7.46. The fourth-order valence-corrected chi connectivity index (χ4v) is 4.67. The summed E-state index contributed by atoms with van der Waals surface area (Å²) in [4.78, 5) is 14.7. The average molecular weight is 402 g/mol. The first-order chi connectivity index (χ1) is 12.2. The highest BCUT2D eigenvalue weighted by Crippen LogP contribution is 2.25. The summed E-state index contributed by atoms with van der Waals surface area (Å²) in [7, 11) is 0.348. The van der Waals surface area contributed by atoms with Gasteiger partial charge in [0.2, 0.25) is 10.0 Å². The predicted octanol–water partition coefficient (Wildman–Crippen LogP) is 2.58. The van der Waals surface area contributed by atoms with Gasteiger partial charge in [-0.15, -0.1) is 0 Å². The summed E-state index contributed by atoms with van der Waals surface area (Å²) < 4.78 is 27.1. The molecule has 1 aliphatic rings. The van der Waals surface area contributed by atoms with E-state index in [1.165, 1.54) is 22.5 Å². The van der Waals surface area contributed by atoms with E-state index >= 15 is 0 Å². The van der Waals surface area contributed by atoms with Crippen molar-refractivity contribution in [1.82, 2.24) is 14.5 Å². The molecule has 1 aromatic carbocycles. The fourth-order valence-electron chi connectivity index (χ4n) is 2.92. The molecule has 0 aliphatic carbocycles. The number of rotatable bonds is 7. The number of carbonyl (C=O) groups excluding carboxylic acids is 1. The second kappa shape index (κ2) is 9.17. The maximum atomic E-state index is 12.8. The van der Waals surface area contributed by atoms with E-state index in [9.17, 15) is 13.2 Å². The van der Waals surface area contributed by atoms with Crippen molar-refractivity contribution >= 4 is 27.5 Å². The van der Waals surface area contributed by atoms with E-state index in [1.807, 2.05) is 25.9 Å². The van der Waals surface area contributed by atoms with E-state index in [0.717, 1.165) is 32.2 Å². The van der Waals surface area contributed by atoms with Crippen LogP contribution in [0.25, 0.3) is 0 Å². The molecule has 1 N–H and O–H groups in total. The smallest absolute Gasteiger partial charge is 0.253 e. The molecule has 1 unspecified atom stereocenters.